The van der Waals surface area contributed by atoms with Gasteiger partial charge in [0.25, 0.3) is 0 Å². The summed E-state index contributed by atoms with van der Waals surface area (Å²) in [5, 5.41) is 4.58. The largest absolute Gasteiger partial charge is 0.465 e. The highest BCUT2D eigenvalue weighted by molar-refractivity contribution is 7.07. The Balaban J connectivity index is 1.82. The van der Waals surface area contributed by atoms with Gasteiger partial charge in [-0.3, -0.25) is 9.59 Å². The molecule has 0 aliphatic carbocycles. The van der Waals surface area contributed by atoms with Crippen molar-refractivity contribution in [2.24, 2.45) is 0 Å². The van der Waals surface area contributed by atoms with Crippen molar-refractivity contribution in [3.8, 4) is 0 Å². The zero-order valence-electron chi connectivity index (χ0n) is 13.0. The Bertz CT molecular complexity index is 746. The number of hydrogen-bond acceptors (Lipinski definition) is 5. The predicted octanol–water partition coefficient (Wildman–Crippen LogP) is 1.71. The molecular weight excluding hydrogens is 316 g/mol. The first-order chi connectivity index (χ1) is 11.0. The van der Waals surface area contributed by atoms with Crippen molar-refractivity contribution in [3.05, 3.63) is 56.1 Å². The highest BCUT2D eigenvalue weighted by Gasteiger charge is 2.07. The summed E-state index contributed by atoms with van der Waals surface area (Å²) in [5.41, 5.74) is 2.22. The lowest BCUT2D eigenvalue weighted by Crippen LogP contribution is -2.26. The van der Waals surface area contributed by atoms with Crippen LogP contribution in [0.5, 0.6) is 0 Å². The molecule has 1 aromatic carbocycles. The van der Waals surface area contributed by atoms with Gasteiger partial charge in [-0.25, -0.2) is 4.79 Å². The van der Waals surface area contributed by atoms with E-state index < -0.39 is 5.97 Å². The molecular formula is C16H18N2O4S. The standard InChI is InChI=1S/C16H18N2O4S/c1-11-10-23-16(21)18(11)8-7-14(19)17-9-12-3-5-13(6-4-12)15(20)22-2/h3-6,10H,7-9H2,1-2H3,(H,17,19). The van der Waals surface area contributed by atoms with Gasteiger partial charge in [-0.2, -0.15) is 0 Å². The van der Waals surface area contributed by atoms with Crippen molar-refractivity contribution >= 4 is 23.2 Å². The van der Waals surface area contributed by atoms with E-state index in [0.29, 0.717) is 18.7 Å². The van der Waals surface area contributed by atoms with Crippen LogP contribution in [-0.2, 0) is 22.6 Å². The van der Waals surface area contributed by atoms with Crippen molar-refractivity contribution in [1.29, 1.82) is 0 Å². The summed E-state index contributed by atoms with van der Waals surface area (Å²) in [7, 11) is 1.33. The van der Waals surface area contributed by atoms with Crippen LogP contribution in [0, 0.1) is 6.92 Å². The van der Waals surface area contributed by atoms with Gasteiger partial charge in [-0.15, -0.1) is 0 Å². The number of nitrogens with one attached hydrogen (secondary N) is 1. The molecule has 0 spiro atoms. The minimum atomic E-state index is -0.392. The smallest absolute Gasteiger partial charge is 0.337 e. The van der Waals surface area contributed by atoms with Crippen molar-refractivity contribution in [2.45, 2.75) is 26.4 Å². The van der Waals surface area contributed by atoms with Crippen LogP contribution in [0.1, 0.15) is 28.0 Å². The Morgan fingerprint density at radius 3 is 2.52 bits per heavy atom. The first kappa shape index (κ1) is 17.0. The summed E-state index contributed by atoms with van der Waals surface area (Å²) in [6.07, 6.45) is 0.248. The fraction of sp³-hybridized carbons (Fsp3) is 0.312. The zero-order valence-corrected chi connectivity index (χ0v) is 13.8. The molecule has 0 saturated heterocycles. The van der Waals surface area contributed by atoms with Crippen LogP contribution in [-0.4, -0.2) is 23.6 Å². The summed E-state index contributed by atoms with van der Waals surface area (Å²) in [5.74, 6) is -0.517. The van der Waals surface area contributed by atoms with Crippen molar-refractivity contribution in [3.63, 3.8) is 0 Å². The zero-order chi connectivity index (χ0) is 16.8. The molecule has 0 unspecified atom stereocenters. The van der Waals surface area contributed by atoms with Gasteiger partial charge in [0.05, 0.1) is 12.7 Å². The van der Waals surface area contributed by atoms with E-state index in [9.17, 15) is 14.4 Å². The number of carbonyl (C=O) groups excluding carboxylic acids is 2. The molecule has 0 aliphatic rings. The average Bonchev–Trinajstić information content (AvgIpc) is 2.89. The lowest BCUT2D eigenvalue weighted by Gasteiger charge is -2.07. The molecule has 6 nitrogen and oxygen atoms in total. The third kappa shape index (κ3) is 4.53. The van der Waals surface area contributed by atoms with Gasteiger partial charge in [-0.05, 0) is 24.6 Å². The predicted molar refractivity (Wildman–Crippen MR) is 87.6 cm³/mol. The van der Waals surface area contributed by atoms with Crippen molar-refractivity contribution < 1.29 is 14.3 Å². The molecule has 0 aliphatic heterocycles. The number of aromatic nitrogens is 1. The van der Waals surface area contributed by atoms with Gasteiger partial charge in [0.2, 0.25) is 5.91 Å². The van der Waals surface area contributed by atoms with E-state index in [1.54, 1.807) is 34.2 Å². The number of aryl methyl sites for hydroxylation is 1. The number of hydrogen-bond donors (Lipinski definition) is 1. The molecule has 1 N–H and O–H groups in total. The third-order valence-corrected chi connectivity index (χ3v) is 4.28. The normalized spacial score (nSPS) is 10.3. The molecule has 122 valence electrons. The lowest BCUT2D eigenvalue weighted by molar-refractivity contribution is -0.121. The maximum Gasteiger partial charge on any atom is 0.337 e. The summed E-state index contributed by atoms with van der Waals surface area (Å²) >= 11 is 1.14. The number of esters is 1. The van der Waals surface area contributed by atoms with Crippen LogP contribution < -0.4 is 10.2 Å². The fourth-order valence-electron chi connectivity index (χ4n) is 2.05. The molecule has 23 heavy (non-hydrogen) atoms. The number of ether oxygens (including phenoxy) is 1. The number of carbonyl (C=O) groups is 2. The molecule has 1 aromatic heterocycles. The lowest BCUT2D eigenvalue weighted by atomic mass is 10.1. The second-order valence-corrected chi connectivity index (χ2v) is 5.83. The van der Waals surface area contributed by atoms with Gasteiger partial charge in [0.15, 0.2) is 0 Å². The Labute approximate surface area is 137 Å². The third-order valence-electron chi connectivity index (χ3n) is 3.40. The van der Waals surface area contributed by atoms with E-state index in [4.69, 9.17) is 0 Å². The van der Waals surface area contributed by atoms with Gasteiger partial charge >= 0.3 is 10.8 Å². The van der Waals surface area contributed by atoms with E-state index in [1.807, 2.05) is 6.92 Å². The second kappa shape index (κ2) is 7.73. The molecule has 2 aromatic rings. The number of nitrogens with zero attached hydrogens (tertiary/aromatic N) is 1. The van der Waals surface area contributed by atoms with Crippen LogP contribution in [0.25, 0.3) is 0 Å². The van der Waals surface area contributed by atoms with Gasteiger partial charge in [0, 0.05) is 30.6 Å². The van der Waals surface area contributed by atoms with Gasteiger partial charge in [0.1, 0.15) is 0 Å². The molecule has 1 amide bonds. The topological polar surface area (TPSA) is 77.4 Å². The molecule has 0 atom stereocenters. The summed E-state index contributed by atoms with van der Waals surface area (Å²) < 4.78 is 6.22. The van der Waals surface area contributed by atoms with E-state index in [0.717, 1.165) is 22.6 Å². The van der Waals surface area contributed by atoms with Gasteiger partial charge in [-0.1, -0.05) is 23.5 Å². The first-order valence-electron chi connectivity index (χ1n) is 7.10. The maximum atomic E-state index is 11.9. The SMILES string of the molecule is COC(=O)c1ccc(CNC(=O)CCn2c(C)csc2=O)cc1. The Kier molecular flexibility index (Phi) is 5.70. The Morgan fingerprint density at radius 2 is 1.96 bits per heavy atom. The average molecular weight is 334 g/mol. The highest BCUT2D eigenvalue weighted by Crippen LogP contribution is 2.06. The molecule has 0 fully saturated rings. The molecule has 0 radical (unpaired) electrons. The highest BCUT2D eigenvalue weighted by atomic mass is 32.1. The maximum absolute atomic E-state index is 11.9. The number of amides is 1. The summed E-state index contributed by atoms with van der Waals surface area (Å²) in [4.78, 5) is 34.7. The number of thiazole rings is 1. The minimum Gasteiger partial charge on any atom is -0.465 e. The quantitative estimate of drug-likeness (QED) is 0.816. The van der Waals surface area contributed by atoms with E-state index in [-0.39, 0.29) is 17.2 Å². The minimum absolute atomic E-state index is 0.0475. The fourth-order valence-corrected chi connectivity index (χ4v) is 2.81. The number of benzene rings is 1. The van der Waals surface area contributed by atoms with Crippen LogP contribution in [0.3, 0.4) is 0 Å². The molecule has 0 saturated carbocycles. The van der Waals surface area contributed by atoms with Crippen LogP contribution in [0.15, 0.2) is 34.4 Å². The van der Waals surface area contributed by atoms with Crippen molar-refractivity contribution in [2.75, 3.05) is 7.11 Å². The molecule has 1 heterocycles. The Morgan fingerprint density at radius 1 is 1.26 bits per heavy atom. The number of rotatable bonds is 6. The molecule has 7 heteroatoms. The van der Waals surface area contributed by atoms with Gasteiger partial charge < -0.3 is 14.6 Å². The summed E-state index contributed by atoms with van der Waals surface area (Å²) in [6, 6.07) is 6.84. The van der Waals surface area contributed by atoms with Crippen LogP contribution >= 0.6 is 11.3 Å². The molecule has 0 bridgehead atoms. The van der Waals surface area contributed by atoms with E-state index in [2.05, 4.69) is 10.1 Å². The Hall–Kier alpha value is -2.41. The van der Waals surface area contributed by atoms with Crippen molar-refractivity contribution in [1.82, 2.24) is 9.88 Å². The van der Waals surface area contributed by atoms with E-state index in [1.165, 1.54) is 7.11 Å². The molecule has 2 rings (SSSR count). The summed E-state index contributed by atoms with van der Waals surface area (Å²) in [6.45, 7) is 2.59. The monoisotopic (exact) mass is 334 g/mol. The van der Waals surface area contributed by atoms with E-state index >= 15 is 0 Å². The first-order valence-corrected chi connectivity index (χ1v) is 7.98. The van der Waals surface area contributed by atoms with Crippen LogP contribution in [0.4, 0.5) is 0 Å². The number of methoxy groups -OCH3 is 1. The van der Waals surface area contributed by atoms with Crippen LogP contribution in [0.2, 0.25) is 0 Å². The second-order valence-electron chi connectivity index (χ2n) is 5.01.